The summed E-state index contributed by atoms with van der Waals surface area (Å²) >= 11 is 0. The van der Waals surface area contributed by atoms with Crippen LogP contribution in [0.2, 0.25) is 0 Å². The highest BCUT2D eigenvalue weighted by molar-refractivity contribution is 5.90. The van der Waals surface area contributed by atoms with Gasteiger partial charge < -0.3 is 10.2 Å². The zero-order valence-corrected chi connectivity index (χ0v) is 14.0. The van der Waals surface area contributed by atoms with Gasteiger partial charge in [0.05, 0.1) is 0 Å². The van der Waals surface area contributed by atoms with E-state index >= 15 is 0 Å². The van der Waals surface area contributed by atoms with Crippen molar-refractivity contribution < 1.29 is 15.0 Å². The van der Waals surface area contributed by atoms with Crippen LogP contribution >= 0.6 is 0 Å². The van der Waals surface area contributed by atoms with Gasteiger partial charge in [0, 0.05) is 0 Å². The van der Waals surface area contributed by atoms with Crippen LogP contribution in [0.25, 0.3) is 0 Å². The highest BCUT2D eigenvalue weighted by Gasteiger charge is 2.28. The minimum atomic E-state index is -1.07. The zero-order chi connectivity index (χ0) is 17.1. The second kappa shape index (κ2) is 7.08. The van der Waals surface area contributed by atoms with Crippen LogP contribution in [-0.2, 0) is 0 Å². The Bertz CT molecular complexity index is 708. The standard InChI is InChI=1S/C21H24O3/c1-14(15-6-3-2-4-7-15)16-8-5-9-17(12-16)18-10-11-20(22)19(13-18)21(23)24/h2-4,6-7,10-11,13-14,16-17,22H,5,8-9,12H2,1H3,(H,23,24). The maximum absolute atomic E-state index is 11.3. The molecule has 3 heteroatoms. The lowest BCUT2D eigenvalue weighted by Gasteiger charge is -2.33. The zero-order valence-electron chi connectivity index (χ0n) is 14.0. The molecule has 2 aromatic rings. The van der Waals surface area contributed by atoms with Crippen molar-refractivity contribution in [1.29, 1.82) is 0 Å². The summed E-state index contributed by atoms with van der Waals surface area (Å²) in [4.78, 5) is 11.3. The summed E-state index contributed by atoms with van der Waals surface area (Å²) < 4.78 is 0. The van der Waals surface area contributed by atoms with Gasteiger partial charge in [-0.05, 0) is 60.3 Å². The molecule has 1 saturated carbocycles. The normalized spacial score (nSPS) is 22.0. The van der Waals surface area contributed by atoms with Crippen LogP contribution < -0.4 is 0 Å². The number of carboxylic acids is 1. The van der Waals surface area contributed by atoms with Crippen LogP contribution in [0.4, 0.5) is 0 Å². The summed E-state index contributed by atoms with van der Waals surface area (Å²) in [7, 11) is 0. The molecule has 126 valence electrons. The van der Waals surface area contributed by atoms with Gasteiger partial charge in [-0.15, -0.1) is 0 Å². The van der Waals surface area contributed by atoms with E-state index in [9.17, 15) is 15.0 Å². The van der Waals surface area contributed by atoms with Gasteiger partial charge in [-0.3, -0.25) is 0 Å². The van der Waals surface area contributed by atoms with Gasteiger partial charge in [-0.2, -0.15) is 0 Å². The minimum Gasteiger partial charge on any atom is -0.507 e. The SMILES string of the molecule is CC(c1ccccc1)C1CCCC(c2ccc(O)c(C(=O)O)c2)C1. The van der Waals surface area contributed by atoms with Gasteiger partial charge in [-0.25, -0.2) is 4.79 Å². The Morgan fingerprint density at radius 1 is 1.12 bits per heavy atom. The summed E-state index contributed by atoms with van der Waals surface area (Å²) in [5.41, 5.74) is 2.42. The summed E-state index contributed by atoms with van der Waals surface area (Å²) in [5.74, 6) is 0.252. The van der Waals surface area contributed by atoms with E-state index < -0.39 is 5.97 Å². The number of hydrogen-bond acceptors (Lipinski definition) is 2. The predicted octanol–water partition coefficient (Wildman–Crippen LogP) is 5.17. The first-order chi connectivity index (χ1) is 11.6. The number of phenols is 1. The van der Waals surface area contributed by atoms with Gasteiger partial charge in [0.25, 0.3) is 0 Å². The van der Waals surface area contributed by atoms with E-state index in [1.165, 1.54) is 18.1 Å². The number of carboxylic acid groups (broad SMARTS) is 1. The molecule has 3 nitrogen and oxygen atoms in total. The number of rotatable bonds is 4. The van der Waals surface area contributed by atoms with E-state index in [0.717, 1.165) is 24.8 Å². The Balaban J connectivity index is 1.78. The Hall–Kier alpha value is -2.29. The Labute approximate surface area is 143 Å². The lowest BCUT2D eigenvalue weighted by atomic mass is 9.71. The van der Waals surface area contributed by atoms with Gasteiger partial charge in [0.2, 0.25) is 0 Å². The van der Waals surface area contributed by atoms with E-state index in [4.69, 9.17) is 0 Å². The molecule has 0 radical (unpaired) electrons. The van der Waals surface area contributed by atoms with Crippen molar-refractivity contribution in [2.45, 2.75) is 44.4 Å². The Kier molecular flexibility index (Phi) is 4.89. The second-order valence-electron chi connectivity index (χ2n) is 6.90. The maximum atomic E-state index is 11.3. The number of aromatic carboxylic acids is 1. The van der Waals surface area contributed by atoms with Crippen LogP contribution in [0, 0.1) is 5.92 Å². The van der Waals surface area contributed by atoms with Gasteiger partial charge >= 0.3 is 5.97 Å². The Morgan fingerprint density at radius 3 is 2.58 bits per heavy atom. The molecule has 0 heterocycles. The van der Waals surface area contributed by atoms with Crippen LogP contribution in [0.3, 0.4) is 0 Å². The van der Waals surface area contributed by atoms with Crippen LogP contribution in [-0.4, -0.2) is 16.2 Å². The third-order valence-electron chi connectivity index (χ3n) is 5.47. The predicted molar refractivity (Wildman–Crippen MR) is 94.6 cm³/mol. The molecule has 1 fully saturated rings. The van der Waals surface area contributed by atoms with Crippen LogP contribution in [0.1, 0.15) is 65.9 Å². The molecule has 0 saturated heterocycles. The van der Waals surface area contributed by atoms with E-state index in [0.29, 0.717) is 17.8 Å². The topological polar surface area (TPSA) is 57.5 Å². The second-order valence-corrected chi connectivity index (χ2v) is 6.90. The number of hydrogen-bond donors (Lipinski definition) is 2. The summed E-state index contributed by atoms with van der Waals surface area (Å²) in [6, 6.07) is 15.7. The quantitative estimate of drug-likeness (QED) is 0.816. The first-order valence-electron chi connectivity index (χ1n) is 8.67. The third-order valence-corrected chi connectivity index (χ3v) is 5.47. The molecule has 0 bridgehead atoms. The lowest BCUT2D eigenvalue weighted by Crippen LogP contribution is -2.19. The first kappa shape index (κ1) is 16.6. The molecule has 0 aliphatic heterocycles. The number of benzene rings is 2. The fourth-order valence-electron chi connectivity index (χ4n) is 3.99. The van der Waals surface area contributed by atoms with E-state index in [-0.39, 0.29) is 11.3 Å². The smallest absolute Gasteiger partial charge is 0.339 e. The molecule has 1 aliphatic carbocycles. The third kappa shape index (κ3) is 3.45. The highest BCUT2D eigenvalue weighted by Crippen LogP contribution is 2.43. The molecular weight excluding hydrogens is 300 g/mol. The molecule has 0 amide bonds. The summed E-state index contributed by atoms with van der Waals surface area (Å²) in [6.07, 6.45) is 4.54. The van der Waals surface area contributed by atoms with E-state index in [2.05, 4.69) is 31.2 Å². The molecular formula is C21H24O3. The number of aromatic hydroxyl groups is 1. The molecule has 3 atom stereocenters. The fraction of sp³-hybridized carbons (Fsp3) is 0.381. The van der Waals surface area contributed by atoms with Crippen molar-refractivity contribution >= 4 is 5.97 Å². The van der Waals surface area contributed by atoms with Crippen molar-refractivity contribution in [2.24, 2.45) is 5.92 Å². The Morgan fingerprint density at radius 2 is 1.88 bits per heavy atom. The molecule has 2 aromatic carbocycles. The van der Waals surface area contributed by atoms with Crippen molar-refractivity contribution in [3.63, 3.8) is 0 Å². The van der Waals surface area contributed by atoms with Crippen molar-refractivity contribution in [1.82, 2.24) is 0 Å². The van der Waals surface area contributed by atoms with Gasteiger partial charge in [0.15, 0.2) is 0 Å². The van der Waals surface area contributed by atoms with Crippen molar-refractivity contribution in [3.05, 3.63) is 65.2 Å². The molecule has 0 aromatic heterocycles. The molecule has 3 rings (SSSR count). The average Bonchev–Trinajstić information content (AvgIpc) is 2.62. The van der Waals surface area contributed by atoms with Gasteiger partial charge in [0.1, 0.15) is 11.3 Å². The largest absolute Gasteiger partial charge is 0.507 e. The molecule has 3 unspecified atom stereocenters. The monoisotopic (exact) mass is 324 g/mol. The van der Waals surface area contributed by atoms with E-state index in [1.54, 1.807) is 6.07 Å². The molecule has 2 N–H and O–H groups in total. The molecule has 1 aliphatic rings. The van der Waals surface area contributed by atoms with E-state index in [1.807, 2.05) is 12.1 Å². The van der Waals surface area contributed by atoms with Crippen molar-refractivity contribution in [3.8, 4) is 5.75 Å². The first-order valence-corrected chi connectivity index (χ1v) is 8.67. The highest BCUT2D eigenvalue weighted by atomic mass is 16.4. The maximum Gasteiger partial charge on any atom is 0.339 e. The van der Waals surface area contributed by atoms with Crippen molar-refractivity contribution in [2.75, 3.05) is 0 Å². The minimum absolute atomic E-state index is 0.00531. The molecule has 24 heavy (non-hydrogen) atoms. The molecule has 0 spiro atoms. The lowest BCUT2D eigenvalue weighted by molar-refractivity contribution is 0.0693. The summed E-state index contributed by atoms with van der Waals surface area (Å²) in [5, 5.41) is 18.9. The van der Waals surface area contributed by atoms with Crippen LogP contribution in [0.15, 0.2) is 48.5 Å². The fourth-order valence-corrected chi connectivity index (χ4v) is 3.99. The summed E-state index contributed by atoms with van der Waals surface area (Å²) in [6.45, 7) is 2.29. The number of carbonyl (C=O) groups is 1. The van der Waals surface area contributed by atoms with Crippen LogP contribution in [0.5, 0.6) is 5.75 Å². The van der Waals surface area contributed by atoms with Gasteiger partial charge in [-0.1, -0.05) is 49.7 Å². The average molecular weight is 324 g/mol.